The van der Waals surface area contributed by atoms with E-state index in [2.05, 4.69) is 10.3 Å². The lowest BCUT2D eigenvalue weighted by Gasteiger charge is -2.30. The van der Waals surface area contributed by atoms with Crippen LogP contribution in [-0.2, 0) is 10.7 Å². The number of aromatic nitrogens is 1. The molecule has 3 rings (SSSR count). The Labute approximate surface area is 134 Å². The summed E-state index contributed by atoms with van der Waals surface area (Å²) in [4.78, 5) is 18.0. The molecule has 2 aliphatic rings. The summed E-state index contributed by atoms with van der Waals surface area (Å²) >= 11 is 0. The lowest BCUT2D eigenvalue weighted by molar-refractivity contribution is -0.133. The number of alkyl halides is 2. The largest absolute Gasteiger partial charge is 0.481 e. The van der Waals surface area contributed by atoms with Crippen LogP contribution in [0.4, 0.5) is 8.78 Å². The molecular weight excluding hydrogens is 304 g/mol. The molecule has 0 spiro atoms. The van der Waals surface area contributed by atoms with Crippen molar-refractivity contribution in [3.8, 4) is 5.88 Å². The molecule has 2 saturated heterocycles. The van der Waals surface area contributed by atoms with Crippen LogP contribution in [0, 0.1) is 5.92 Å². The van der Waals surface area contributed by atoms with Gasteiger partial charge in [0.2, 0.25) is 11.8 Å². The summed E-state index contributed by atoms with van der Waals surface area (Å²) < 4.78 is 33.7. The Morgan fingerprint density at radius 3 is 3.09 bits per heavy atom. The van der Waals surface area contributed by atoms with Gasteiger partial charge in [0.25, 0.3) is 5.92 Å². The number of hydrogen-bond acceptors (Lipinski definition) is 4. The highest BCUT2D eigenvalue weighted by molar-refractivity contribution is 5.81. The second kappa shape index (κ2) is 6.39. The average molecular weight is 325 g/mol. The molecule has 5 nitrogen and oxygen atoms in total. The van der Waals surface area contributed by atoms with E-state index < -0.39 is 5.92 Å². The number of hydrogen-bond donors (Lipinski definition) is 1. The van der Waals surface area contributed by atoms with Crippen molar-refractivity contribution in [1.82, 2.24) is 15.2 Å². The van der Waals surface area contributed by atoms with Gasteiger partial charge < -0.3 is 15.0 Å². The highest BCUT2D eigenvalue weighted by Gasteiger charge is 2.42. The summed E-state index contributed by atoms with van der Waals surface area (Å²) in [5.74, 6) is -3.09. The fourth-order valence-corrected chi connectivity index (χ4v) is 3.42. The van der Waals surface area contributed by atoms with E-state index in [0.29, 0.717) is 13.0 Å². The summed E-state index contributed by atoms with van der Waals surface area (Å²) in [5, 5.41) is 3.25. The number of fused-ring (bicyclic) bond motifs is 1. The van der Waals surface area contributed by atoms with E-state index in [9.17, 15) is 13.6 Å². The molecule has 7 heteroatoms. The maximum absolute atomic E-state index is 14.4. The molecule has 126 valence electrons. The predicted molar refractivity (Wildman–Crippen MR) is 80.4 cm³/mol. The van der Waals surface area contributed by atoms with Crippen LogP contribution in [0.25, 0.3) is 0 Å². The summed E-state index contributed by atoms with van der Waals surface area (Å²) in [6.45, 7) is 2.22. The smallest absolute Gasteiger partial charge is 0.273 e. The van der Waals surface area contributed by atoms with Gasteiger partial charge in [-0.15, -0.1) is 0 Å². The van der Waals surface area contributed by atoms with Gasteiger partial charge in [-0.25, -0.2) is 13.8 Å². The first kappa shape index (κ1) is 16.1. The molecule has 1 N–H and O–H groups in total. The fraction of sp³-hybridized carbons (Fsp3) is 0.625. The lowest BCUT2D eigenvalue weighted by Crippen LogP contribution is -2.49. The van der Waals surface area contributed by atoms with Crippen molar-refractivity contribution < 1.29 is 18.3 Å². The Morgan fingerprint density at radius 1 is 1.52 bits per heavy atom. The standard InChI is InChI=1S/C16H21F2N3O2/c1-23-14-9-12(3-5-20-14)16(17,18)4-2-11-8-13-10-19-6-7-21(13)15(11)22/h3,5,9,11,13,19H,2,4,6-8,10H2,1H3/t11-,13-/m0/s1. The molecule has 0 unspecified atom stereocenters. The maximum atomic E-state index is 14.4. The molecule has 3 heterocycles. The van der Waals surface area contributed by atoms with Crippen LogP contribution in [-0.4, -0.2) is 48.6 Å². The van der Waals surface area contributed by atoms with E-state index in [1.54, 1.807) is 0 Å². The maximum Gasteiger partial charge on any atom is 0.273 e. The molecule has 1 aromatic heterocycles. The van der Waals surface area contributed by atoms with E-state index >= 15 is 0 Å². The summed E-state index contributed by atoms with van der Waals surface area (Å²) in [7, 11) is 1.39. The molecular formula is C16H21F2N3O2. The number of pyridine rings is 1. The Balaban J connectivity index is 1.63. The number of amides is 1. The Hall–Kier alpha value is -1.76. The van der Waals surface area contributed by atoms with Gasteiger partial charge in [0.05, 0.1) is 7.11 Å². The second-order valence-electron chi connectivity index (χ2n) is 6.15. The molecule has 2 fully saturated rings. The van der Waals surface area contributed by atoms with E-state index in [1.165, 1.54) is 25.4 Å². The Bertz CT molecular complexity index is 582. The number of carbonyl (C=O) groups excluding carboxylic acids is 1. The van der Waals surface area contributed by atoms with Gasteiger partial charge in [0.1, 0.15) is 0 Å². The van der Waals surface area contributed by atoms with Crippen LogP contribution < -0.4 is 10.1 Å². The van der Waals surface area contributed by atoms with Crippen LogP contribution in [0.15, 0.2) is 18.3 Å². The van der Waals surface area contributed by atoms with Gasteiger partial charge in [0.15, 0.2) is 0 Å². The minimum Gasteiger partial charge on any atom is -0.481 e. The van der Waals surface area contributed by atoms with Crippen molar-refractivity contribution in [3.05, 3.63) is 23.9 Å². The monoisotopic (exact) mass is 325 g/mol. The molecule has 0 bridgehead atoms. The highest BCUT2D eigenvalue weighted by atomic mass is 19.3. The van der Waals surface area contributed by atoms with Gasteiger partial charge in [-0.05, 0) is 18.9 Å². The van der Waals surface area contributed by atoms with Crippen LogP contribution in [0.3, 0.4) is 0 Å². The van der Waals surface area contributed by atoms with Gasteiger partial charge in [0, 0.05) is 55.8 Å². The molecule has 0 aliphatic carbocycles. The zero-order chi connectivity index (χ0) is 16.4. The average Bonchev–Trinajstić information content (AvgIpc) is 2.90. The number of piperazine rings is 1. The zero-order valence-corrected chi connectivity index (χ0v) is 13.1. The number of ether oxygens (including phenoxy) is 1. The van der Waals surface area contributed by atoms with Crippen LogP contribution in [0.2, 0.25) is 0 Å². The van der Waals surface area contributed by atoms with E-state index in [-0.39, 0.29) is 42.2 Å². The van der Waals surface area contributed by atoms with Crippen molar-refractivity contribution in [2.75, 3.05) is 26.7 Å². The third-order valence-corrected chi connectivity index (χ3v) is 4.71. The number of rotatable bonds is 5. The normalized spacial score (nSPS) is 24.7. The topological polar surface area (TPSA) is 54.5 Å². The Morgan fingerprint density at radius 2 is 2.35 bits per heavy atom. The third-order valence-electron chi connectivity index (χ3n) is 4.71. The van der Waals surface area contributed by atoms with E-state index in [1.807, 2.05) is 4.90 Å². The molecule has 1 amide bonds. The quantitative estimate of drug-likeness (QED) is 0.897. The van der Waals surface area contributed by atoms with E-state index in [4.69, 9.17) is 4.74 Å². The van der Waals surface area contributed by atoms with Crippen LogP contribution in [0.1, 0.15) is 24.8 Å². The van der Waals surface area contributed by atoms with Crippen LogP contribution in [0.5, 0.6) is 5.88 Å². The number of halogens is 2. The first-order valence-electron chi connectivity index (χ1n) is 7.91. The summed E-state index contributed by atoms with van der Waals surface area (Å²) in [5.41, 5.74) is -0.116. The number of nitrogens with zero attached hydrogens (tertiary/aromatic N) is 2. The summed E-state index contributed by atoms with van der Waals surface area (Å²) in [6, 6.07) is 2.71. The highest BCUT2D eigenvalue weighted by Crippen LogP contribution is 2.38. The van der Waals surface area contributed by atoms with Crippen molar-refractivity contribution in [2.24, 2.45) is 5.92 Å². The van der Waals surface area contributed by atoms with Gasteiger partial charge in [-0.2, -0.15) is 0 Å². The van der Waals surface area contributed by atoms with Crippen molar-refractivity contribution in [2.45, 2.75) is 31.2 Å². The van der Waals surface area contributed by atoms with Crippen LogP contribution >= 0.6 is 0 Å². The molecule has 1 aromatic rings. The minimum absolute atomic E-state index is 0.0274. The second-order valence-corrected chi connectivity index (χ2v) is 6.15. The van der Waals surface area contributed by atoms with Gasteiger partial charge >= 0.3 is 0 Å². The van der Waals surface area contributed by atoms with Crippen molar-refractivity contribution in [3.63, 3.8) is 0 Å². The zero-order valence-electron chi connectivity index (χ0n) is 13.1. The van der Waals surface area contributed by atoms with Crippen molar-refractivity contribution in [1.29, 1.82) is 0 Å². The predicted octanol–water partition coefficient (Wildman–Crippen LogP) is 1.78. The molecule has 0 saturated carbocycles. The summed E-state index contributed by atoms with van der Waals surface area (Å²) in [6.07, 6.45) is 1.84. The molecule has 2 atom stereocenters. The Kier molecular flexibility index (Phi) is 4.48. The van der Waals surface area contributed by atoms with E-state index in [0.717, 1.165) is 13.1 Å². The fourth-order valence-electron chi connectivity index (χ4n) is 3.42. The first-order chi connectivity index (χ1) is 11.0. The molecule has 23 heavy (non-hydrogen) atoms. The number of carbonyl (C=O) groups is 1. The third kappa shape index (κ3) is 3.29. The SMILES string of the molecule is COc1cc(C(F)(F)CC[C@H]2C[C@H]3CNCCN3C2=O)ccn1. The van der Waals surface area contributed by atoms with Crippen molar-refractivity contribution >= 4 is 5.91 Å². The molecule has 0 aromatic carbocycles. The minimum atomic E-state index is -2.99. The number of methoxy groups -OCH3 is 1. The first-order valence-corrected chi connectivity index (χ1v) is 7.91. The number of nitrogens with one attached hydrogen (secondary N) is 1. The lowest BCUT2D eigenvalue weighted by atomic mass is 9.94. The molecule has 0 radical (unpaired) electrons. The van der Waals surface area contributed by atoms with Gasteiger partial charge in [-0.1, -0.05) is 0 Å². The molecule has 2 aliphatic heterocycles. The van der Waals surface area contributed by atoms with Gasteiger partial charge in [-0.3, -0.25) is 4.79 Å².